The standard InChI is InChI=1S/C19H12ClF5N4O3S/c1-31-10-6-8(2-3-9(10)32-17(21)22)14-13(15(30)11-4-5-12(20)33-11)16(19(23,24)25)28-18-26-7-27-29(14)18/h2-7,14,17H,1H3,(H,26,27,28)/t14-/m1/s1. The number of methoxy groups -OCH3 is 1. The van der Waals surface area contributed by atoms with E-state index in [2.05, 4.69) is 20.1 Å². The molecular formula is C19H12ClF5N4O3S. The number of thiophene rings is 1. The molecule has 2 aromatic heterocycles. The molecule has 1 atom stereocenters. The highest BCUT2D eigenvalue weighted by Gasteiger charge is 2.46. The van der Waals surface area contributed by atoms with Gasteiger partial charge in [-0.25, -0.2) is 4.68 Å². The molecule has 4 rings (SSSR count). The number of benzene rings is 1. The predicted molar refractivity (Wildman–Crippen MR) is 108 cm³/mol. The molecule has 1 aromatic carbocycles. The lowest BCUT2D eigenvalue weighted by atomic mass is 9.91. The average molecular weight is 507 g/mol. The molecule has 0 saturated carbocycles. The summed E-state index contributed by atoms with van der Waals surface area (Å²) in [5.74, 6) is -1.71. The lowest BCUT2D eigenvalue weighted by Crippen LogP contribution is -2.35. The molecule has 1 N–H and O–H groups in total. The molecular weight excluding hydrogens is 495 g/mol. The highest BCUT2D eigenvalue weighted by molar-refractivity contribution is 7.18. The van der Waals surface area contributed by atoms with Gasteiger partial charge in [0.05, 0.1) is 21.9 Å². The topological polar surface area (TPSA) is 78.3 Å². The number of hydrogen-bond donors (Lipinski definition) is 1. The minimum absolute atomic E-state index is 0.0308. The Hall–Kier alpha value is -3.19. The van der Waals surface area contributed by atoms with Crippen molar-refractivity contribution in [3.63, 3.8) is 0 Å². The maximum Gasteiger partial charge on any atom is 0.431 e. The van der Waals surface area contributed by atoms with Crippen LogP contribution < -0.4 is 14.8 Å². The quantitative estimate of drug-likeness (QED) is 0.360. The number of ether oxygens (including phenoxy) is 2. The van der Waals surface area contributed by atoms with Crippen LogP contribution in [0.2, 0.25) is 4.34 Å². The molecule has 0 fully saturated rings. The summed E-state index contributed by atoms with van der Waals surface area (Å²) in [6.45, 7) is -3.15. The lowest BCUT2D eigenvalue weighted by molar-refractivity contribution is -0.0918. The van der Waals surface area contributed by atoms with Crippen LogP contribution in [0.5, 0.6) is 11.5 Å². The molecule has 174 valence electrons. The van der Waals surface area contributed by atoms with Crippen molar-refractivity contribution in [1.82, 2.24) is 14.8 Å². The van der Waals surface area contributed by atoms with Gasteiger partial charge in [0.2, 0.25) is 11.7 Å². The van der Waals surface area contributed by atoms with E-state index >= 15 is 0 Å². The van der Waals surface area contributed by atoms with Crippen LogP contribution in [0.25, 0.3) is 0 Å². The van der Waals surface area contributed by atoms with Gasteiger partial charge in [0, 0.05) is 0 Å². The van der Waals surface area contributed by atoms with Crippen molar-refractivity contribution < 1.29 is 36.2 Å². The highest BCUT2D eigenvalue weighted by atomic mass is 35.5. The van der Waals surface area contributed by atoms with Crippen LogP contribution in [0.4, 0.5) is 27.9 Å². The number of Topliss-reactive ketones (excluding diaryl/α,β-unsaturated/α-hetero) is 1. The lowest BCUT2D eigenvalue weighted by Gasteiger charge is -2.30. The number of anilines is 1. The second-order valence-electron chi connectivity index (χ2n) is 6.56. The summed E-state index contributed by atoms with van der Waals surface area (Å²) >= 11 is 6.69. The molecule has 14 heteroatoms. The van der Waals surface area contributed by atoms with E-state index in [9.17, 15) is 26.7 Å². The molecule has 1 aliphatic heterocycles. The SMILES string of the molecule is COc1cc([C@@H]2C(C(=O)c3ccc(Cl)s3)=C(C(F)(F)F)Nc3ncnn32)ccc1OC(F)F. The fourth-order valence-corrected chi connectivity index (χ4v) is 4.35. The van der Waals surface area contributed by atoms with Crippen LogP contribution >= 0.6 is 22.9 Å². The van der Waals surface area contributed by atoms with E-state index in [0.717, 1.165) is 28.4 Å². The van der Waals surface area contributed by atoms with Crippen molar-refractivity contribution in [3.8, 4) is 11.5 Å². The van der Waals surface area contributed by atoms with Gasteiger partial charge in [-0.05, 0) is 29.8 Å². The summed E-state index contributed by atoms with van der Waals surface area (Å²) in [5, 5.41) is 6.09. The van der Waals surface area contributed by atoms with Crippen molar-refractivity contribution in [3.05, 3.63) is 62.7 Å². The maximum absolute atomic E-state index is 14.0. The van der Waals surface area contributed by atoms with Crippen molar-refractivity contribution in [2.45, 2.75) is 18.8 Å². The third-order valence-corrected chi connectivity index (χ3v) is 5.87. The van der Waals surface area contributed by atoms with Crippen molar-refractivity contribution in [2.24, 2.45) is 0 Å². The molecule has 0 aliphatic carbocycles. The Morgan fingerprint density at radius 1 is 1.24 bits per heavy atom. The van der Waals surface area contributed by atoms with Gasteiger partial charge in [0.15, 0.2) is 11.5 Å². The van der Waals surface area contributed by atoms with Crippen molar-refractivity contribution in [1.29, 1.82) is 0 Å². The molecule has 3 heterocycles. The Labute approximate surface area is 191 Å². The number of alkyl halides is 5. The number of fused-ring (bicyclic) bond motifs is 1. The number of halogens is 6. The summed E-state index contributed by atoms with van der Waals surface area (Å²) < 4.78 is 78.2. The van der Waals surface area contributed by atoms with Crippen LogP contribution in [0.3, 0.4) is 0 Å². The minimum Gasteiger partial charge on any atom is -0.493 e. The second kappa shape index (κ2) is 8.63. The number of nitrogens with zero attached hydrogens (tertiary/aromatic N) is 3. The van der Waals surface area contributed by atoms with Gasteiger partial charge >= 0.3 is 12.8 Å². The first-order chi connectivity index (χ1) is 15.6. The first-order valence-electron chi connectivity index (χ1n) is 9.00. The van der Waals surface area contributed by atoms with E-state index in [1.54, 1.807) is 0 Å². The molecule has 0 amide bonds. The molecule has 0 bridgehead atoms. The number of allylic oxidation sites excluding steroid dienone is 2. The largest absolute Gasteiger partial charge is 0.493 e. The molecule has 7 nitrogen and oxygen atoms in total. The Morgan fingerprint density at radius 3 is 2.61 bits per heavy atom. The first-order valence-corrected chi connectivity index (χ1v) is 10.2. The van der Waals surface area contributed by atoms with Gasteiger partial charge in [0.25, 0.3) is 0 Å². The van der Waals surface area contributed by atoms with Gasteiger partial charge in [-0.2, -0.15) is 32.0 Å². The zero-order valence-corrected chi connectivity index (χ0v) is 17.9. The number of ketones is 1. The molecule has 0 unspecified atom stereocenters. The van der Waals surface area contributed by atoms with Crippen molar-refractivity contribution in [2.75, 3.05) is 12.4 Å². The normalized spacial score (nSPS) is 15.9. The Balaban J connectivity index is 1.93. The van der Waals surface area contributed by atoms with E-state index in [1.165, 1.54) is 31.4 Å². The summed E-state index contributed by atoms with van der Waals surface area (Å²) in [6, 6.07) is 4.83. The Kier molecular flexibility index (Phi) is 6.01. The van der Waals surface area contributed by atoms with Gasteiger partial charge in [-0.15, -0.1) is 11.3 Å². The zero-order chi connectivity index (χ0) is 23.9. The van der Waals surface area contributed by atoms with Gasteiger partial charge in [-0.1, -0.05) is 17.7 Å². The summed E-state index contributed by atoms with van der Waals surface area (Å²) in [4.78, 5) is 17.0. The van der Waals surface area contributed by atoms with E-state index < -0.39 is 35.9 Å². The number of carbonyl (C=O) groups excluding carboxylic acids is 1. The number of nitrogens with one attached hydrogen (secondary N) is 1. The Bertz CT molecular complexity index is 1240. The fourth-order valence-electron chi connectivity index (χ4n) is 3.35. The van der Waals surface area contributed by atoms with Gasteiger partial charge in [-0.3, -0.25) is 4.79 Å². The number of rotatable bonds is 6. The van der Waals surface area contributed by atoms with E-state index in [4.69, 9.17) is 16.3 Å². The maximum atomic E-state index is 14.0. The van der Waals surface area contributed by atoms with Crippen LogP contribution in [0.1, 0.15) is 21.3 Å². The summed E-state index contributed by atoms with van der Waals surface area (Å²) in [6.07, 6.45) is -3.94. The molecule has 0 spiro atoms. The molecule has 0 radical (unpaired) electrons. The third-order valence-electron chi connectivity index (χ3n) is 4.64. The van der Waals surface area contributed by atoms with E-state index in [1.807, 2.05) is 0 Å². The van der Waals surface area contributed by atoms with Gasteiger partial charge < -0.3 is 14.8 Å². The van der Waals surface area contributed by atoms with E-state index in [0.29, 0.717) is 0 Å². The number of carbonyl (C=O) groups is 1. The average Bonchev–Trinajstić information content (AvgIpc) is 3.40. The van der Waals surface area contributed by atoms with Gasteiger partial charge in [0.1, 0.15) is 18.1 Å². The highest BCUT2D eigenvalue weighted by Crippen LogP contribution is 2.44. The smallest absolute Gasteiger partial charge is 0.431 e. The molecule has 33 heavy (non-hydrogen) atoms. The monoisotopic (exact) mass is 506 g/mol. The fraction of sp³-hybridized carbons (Fsp3) is 0.211. The summed E-state index contributed by atoms with van der Waals surface area (Å²) in [7, 11) is 1.18. The van der Waals surface area contributed by atoms with Crippen LogP contribution in [0, 0.1) is 0 Å². The number of aromatic nitrogens is 3. The van der Waals surface area contributed by atoms with E-state index in [-0.39, 0.29) is 32.2 Å². The molecule has 1 aliphatic rings. The predicted octanol–water partition coefficient (Wildman–Crippen LogP) is 5.32. The first kappa shape index (κ1) is 23.0. The van der Waals surface area contributed by atoms with Crippen LogP contribution in [-0.2, 0) is 0 Å². The second-order valence-corrected chi connectivity index (χ2v) is 8.28. The molecule has 0 saturated heterocycles. The zero-order valence-electron chi connectivity index (χ0n) is 16.4. The Morgan fingerprint density at radius 2 is 2.00 bits per heavy atom. The van der Waals surface area contributed by atoms with Crippen molar-refractivity contribution >= 4 is 34.7 Å². The third kappa shape index (κ3) is 4.37. The summed E-state index contributed by atoms with van der Waals surface area (Å²) in [5.41, 5.74) is -1.91. The number of hydrogen-bond acceptors (Lipinski definition) is 7. The van der Waals surface area contributed by atoms with Crippen LogP contribution in [-0.4, -0.2) is 40.4 Å². The molecule has 3 aromatic rings. The minimum atomic E-state index is -4.95. The van der Waals surface area contributed by atoms with Crippen LogP contribution in [0.15, 0.2) is 47.9 Å².